The van der Waals surface area contributed by atoms with Crippen LogP contribution in [0, 0.1) is 11.7 Å². The predicted octanol–water partition coefficient (Wildman–Crippen LogP) is 2.57. The third-order valence-corrected chi connectivity index (χ3v) is 4.11. The fourth-order valence-electron chi connectivity index (χ4n) is 2.88. The molecule has 2 nitrogen and oxygen atoms in total. The van der Waals surface area contributed by atoms with Gasteiger partial charge in [0.05, 0.1) is 0 Å². The molecule has 98 valence electrons. The number of benzene rings is 1. The predicted molar refractivity (Wildman–Crippen MR) is 70.9 cm³/mol. The third-order valence-electron chi connectivity index (χ3n) is 4.11. The summed E-state index contributed by atoms with van der Waals surface area (Å²) in [6, 6.07) is 7.58. The van der Waals surface area contributed by atoms with E-state index in [4.69, 9.17) is 0 Å². The van der Waals surface area contributed by atoms with Gasteiger partial charge in [0.25, 0.3) is 0 Å². The molecule has 1 N–H and O–H groups in total. The molecule has 1 aliphatic carbocycles. The van der Waals surface area contributed by atoms with Crippen LogP contribution in [-0.2, 0) is 0 Å². The Balaban J connectivity index is 1.81. The van der Waals surface area contributed by atoms with Crippen LogP contribution in [0.4, 0.5) is 4.39 Å². The van der Waals surface area contributed by atoms with Gasteiger partial charge >= 0.3 is 0 Å². The van der Waals surface area contributed by atoms with E-state index in [9.17, 15) is 4.39 Å². The zero-order chi connectivity index (χ0) is 12.4. The van der Waals surface area contributed by atoms with Gasteiger partial charge in [0, 0.05) is 37.8 Å². The summed E-state index contributed by atoms with van der Waals surface area (Å²) in [4.78, 5) is 2.45. The number of hydrogen-bond donors (Lipinski definition) is 1. The van der Waals surface area contributed by atoms with Gasteiger partial charge < -0.3 is 5.32 Å². The Kier molecular flexibility index (Phi) is 3.62. The molecule has 0 amide bonds. The summed E-state index contributed by atoms with van der Waals surface area (Å²) in [5, 5.41) is 3.37. The van der Waals surface area contributed by atoms with Crippen LogP contribution in [0.3, 0.4) is 0 Å². The average Bonchev–Trinajstić information content (AvgIpc) is 3.22. The van der Waals surface area contributed by atoms with Crippen LogP contribution in [-0.4, -0.2) is 31.1 Å². The van der Waals surface area contributed by atoms with Crippen molar-refractivity contribution in [3.63, 3.8) is 0 Å². The van der Waals surface area contributed by atoms with Crippen molar-refractivity contribution in [2.75, 3.05) is 26.2 Å². The average molecular weight is 248 g/mol. The van der Waals surface area contributed by atoms with E-state index in [1.165, 1.54) is 12.8 Å². The zero-order valence-corrected chi connectivity index (χ0v) is 10.7. The molecule has 1 aliphatic heterocycles. The molecule has 1 saturated heterocycles. The first-order chi connectivity index (χ1) is 8.84. The van der Waals surface area contributed by atoms with Crippen LogP contribution in [0.1, 0.15) is 30.9 Å². The molecule has 18 heavy (non-hydrogen) atoms. The Hall–Kier alpha value is -0.930. The molecule has 2 aliphatic rings. The van der Waals surface area contributed by atoms with E-state index in [2.05, 4.69) is 10.2 Å². The quantitative estimate of drug-likeness (QED) is 0.881. The van der Waals surface area contributed by atoms with Gasteiger partial charge in [-0.1, -0.05) is 31.0 Å². The summed E-state index contributed by atoms with van der Waals surface area (Å²) in [7, 11) is 0. The molecule has 1 saturated carbocycles. The topological polar surface area (TPSA) is 15.3 Å². The Labute approximate surface area is 108 Å². The van der Waals surface area contributed by atoms with Crippen LogP contribution in [0.25, 0.3) is 0 Å². The Morgan fingerprint density at radius 3 is 2.61 bits per heavy atom. The first-order valence-electron chi connectivity index (χ1n) is 7.04. The van der Waals surface area contributed by atoms with Crippen molar-refractivity contribution < 1.29 is 4.39 Å². The number of piperazine rings is 1. The summed E-state index contributed by atoms with van der Waals surface area (Å²) in [6.45, 7) is 4.11. The summed E-state index contributed by atoms with van der Waals surface area (Å²) >= 11 is 0. The molecular formula is C15H21FN2. The van der Waals surface area contributed by atoms with E-state index in [1.54, 1.807) is 12.1 Å². The van der Waals surface area contributed by atoms with Crippen molar-refractivity contribution in [3.05, 3.63) is 35.6 Å². The SMILES string of the molecule is Fc1ccccc1[C@H](CC1CC1)N1CCNCC1. The van der Waals surface area contributed by atoms with Gasteiger partial charge in [-0.05, 0) is 18.4 Å². The van der Waals surface area contributed by atoms with Crippen molar-refractivity contribution in [1.82, 2.24) is 10.2 Å². The molecule has 1 aromatic carbocycles. The monoisotopic (exact) mass is 248 g/mol. The van der Waals surface area contributed by atoms with Gasteiger partial charge in [0.15, 0.2) is 0 Å². The second kappa shape index (κ2) is 5.37. The lowest BCUT2D eigenvalue weighted by Crippen LogP contribution is -2.45. The largest absolute Gasteiger partial charge is 0.314 e. The highest BCUT2D eigenvalue weighted by Gasteiger charge is 2.31. The van der Waals surface area contributed by atoms with E-state index in [0.29, 0.717) is 0 Å². The summed E-state index contributed by atoms with van der Waals surface area (Å²) in [5.41, 5.74) is 0.895. The first-order valence-corrected chi connectivity index (χ1v) is 7.04. The molecule has 1 atom stereocenters. The summed E-state index contributed by atoms with van der Waals surface area (Å²) < 4.78 is 14.0. The molecule has 1 heterocycles. The van der Waals surface area contributed by atoms with Crippen LogP contribution in [0.5, 0.6) is 0 Å². The zero-order valence-electron chi connectivity index (χ0n) is 10.7. The second-order valence-corrected chi connectivity index (χ2v) is 5.50. The van der Waals surface area contributed by atoms with Crippen molar-refractivity contribution in [2.45, 2.75) is 25.3 Å². The van der Waals surface area contributed by atoms with Crippen molar-refractivity contribution in [2.24, 2.45) is 5.92 Å². The summed E-state index contributed by atoms with van der Waals surface area (Å²) in [6.07, 6.45) is 3.79. The summed E-state index contributed by atoms with van der Waals surface area (Å²) in [5.74, 6) is 0.783. The number of hydrogen-bond acceptors (Lipinski definition) is 2. The van der Waals surface area contributed by atoms with Crippen molar-refractivity contribution >= 4 is 0 Å². The van der Waals surface area contributed by atoms with Crippen LogP contribution in [0.15, 0.2) is 24.3 Å². The fraction of sp³-hybridized carbons (Fsp3) is 0.600. The maximum absolute atomic E-state index is 14.0. The highest BCUT2D eigenvalue weighted by molar-refractivity contribution is 5.22. The Bertz CT molecular complexity index is 397. The van der Waals surface area contributed by atoms with Crippen LogP contribution < -0.4 is 5.32 Å². The maximum atomic E-state index is 14.0. The molecule has 0 radical (unpaired) electrons. The van der Waals surface area contributed by atoms with Gasteiger partial charge in [-0.25, -0.2) is 4.39 Å². The number of rotatable bonds is 4. The molecule has 2 fully saturated rings. The number of nitrogens with one attached hydrogen (secondary N) is 1. The van der Waals surface area contributed by atoms with Crippen LogP contribution in [0.2, 0.25) is 0 Å². The lowest BCUT2D eigenvalue weighted by atomic mass is 9.98. The standard InChI is InChI=1S/C15H21FN2/c16-14-4-2-1-3-13(14)15(11-12-5-6-12)18-9-7-17-8-10-18/h1-4,12,15,17H,5-11H2/t15-/m0/s1. The molecule has 1 aromatic rings. The Morgan fingerprint density at radius 2 is 1.94 bits per heavy atom. The third kappa shape index (κ3) is 2.73. The maximum Gasteiger partial charge on any atom is 0.127 e. The minimum Gasteiger partial charge on any atom is -0.314 e. The molecule has 0 bridgehead atoms. The molecular weight excluding hydrogens is 227 g/mol. The molecule has 0 spiro atoms. The fourth-order valence-corrected chi connectivity index (χ4v) is 2.88. The first kappa shape index (κ1) is 12.1. The number of nitrogens with zero attached hydrogens (tertiary/aromatic N) is 1. The minimum absolute atomic E-state index is 0.0401. The van der Waals surface area contributed by atoms with Gasteiger partial charge in [-0.2, -0.15) is 0 Å². The van der Waals surface area contributed by atoms with Gasteiger partial charge in [0.2, 0.25) is 0 Å². The highest BCUT2D eigenvalue weighted by atomic mass is 19.1. The van der Waals surface area contributed by atoms with E-state index >= 15 is 0 Å². The minimum atomic E-state index is -0.0401. The van der Waals surface area contributed by atoms with Gasteiger partial charge in [-0.15, -0.1) is 0 Å². The number of halogens is 1. The lowest BCUT2D eigenvalue weighted by molar-refractivity contribution is 0.157. The van der Waals surface area contributed by atoms with Crippen molar-refractivity contribution in [3.8, 4) is 0 Å². The van der Waals surface area contributed by atoms with Gasteiger partial charge in [0.1, 0.15) is 5.82 Å². The van der Waals surface area contributed by atoms with E-state index in [0.717, 1.165) is 44.1 Å². The van der Waals surface area contributed by atoms with Crippen molar-refractivity contribution in [1.29, 1.82) is 0 Å². The Morgan fingerprint density at radius 1 is 1.22 bits per heavy atom. The normalized spacial score (nSPS) is 22.9. The highest BCUT2D eigenvalue weighted by Crippen LogP contribution is 2.40. The molecule has 0 aromatic heterocycles. The molecule has 0 unspecified atom stereocenters. The molecule has 3 heteroatoms. The smallest absolute Gasteiger partial charge is 0.127 e. The second-order valence-electron chi connectivity index (χ2n) is 5.50. The van der Waals surface area contributed by atoms with Crippen LogP contribution >= 0.6 is 0 Å². The lowest BCUT2D eigenvalue weighted by Gasteiger charge is -2.35. The van der Waals surface area contributed by atoms with E-state index in [-0.39, 0.29) is 11.9 Å². The van der Waals surface area contributed by atoms with E-state index < -0.39 is 0 Å². The molecule has 3 rings (SSSR count). The van der Waals surface area contributed by atoms with E-state index in [1.807, 2.05) is 12.1 Å². The van der Waals surface area contributed by atoms with Gasteiger partial charge in [-0.3, -0.25) is 4.90 Å².